The van der Waals surface area contributed by atoms with Crippen LogP contribution in [0.5, 0.6) is 0 Å². The third-order valence-corrected chi connectivity index (χ3v) is 26.3. The van der Waals surface area contributed by atoms with Crippen molar-refractivity contribution in [3.05, 3.63) is 101 Å². The predicted molar refractivity (Wildman–Crippen MR) is 521 cm³/mol. The average molecular weight is 2330 g/mol. The van der Waals surface area contributed by atoms with E-state index in [4.69, 9.17) is 31.2 Å². The summed E-state index contributed by atoms with van der Waals surface area (Å²) in [6, 6.07) is 8.81. The van der Waals surface area contributed by atoms with Crippen molar-refractivity contribution in [1.29, 1.82) is 0 Å². The lowest BCUT2D eigenvalue weighted by atomic mass is 9.96. The second-order valence-corrected chi connectivity index (χ2v) is 46.8. The van der Waals surface area contributed by atoms with Gasteiger partial charge in [-0.05, 0) is 262 Å². The maximum atomic E-state index is 12.9. The number of amides is 4. The minimum Gasteiger partial charge on any atom is -0.478 e. The molecule has 0 saturated carbocycles. The summed E-state index contributed by atoms with van der Waals surface area (Å²) in [7, 11) is -17.5. The van der Waals surface area contributed by atoms with E-state index >= 15 is 0 Å². The van der Waals surface area contributed by atoms with Gasteiger partial charge in [-0.15, -0.1) is 11.6 Å². The smallest absolute Gasteiger partial charge is 0.478 e. The van der Waals surface area contributed by atoms with Crippen molar-refractivity contribution < 1.29 is 138 Å². The molecule has 0 spiro atoms. The van der Waals surface area contributed by atoms with Crippen LogP contribution in [0.15, 0.2) is 68.0 Å². The minimum absolute atomic E-state index is 0. The number of benzene rings is 3. The number of aliphatic hydroxyl groups is 1. The van der Waals surface area contributed by atoms with E-state index in [9.17, 15) is 119 Å². The maximum Gasteiger partial charge on any atom is 0.511 e. The average Bonchev–Trinajstić information content (AvgIpc) is 1.64. The summed E-state index contributed by atoms with van der Waals surface area (Å²) in [5, 5.41) is 30.6. The second-order valence-electron chi connectivity index (χ2n) is 34.8. The van der Waals surface area contributed by atoms with Crippen molar-refractivity contribution in [2.75, 3.05) is 208 Å². The molecule has 56 heteroatoms. The lowest BCUT2D eigenvalue weighted by Crippen LogP contribution is -2.42. The molecule has 3 aromatic carbocycles. The molecule has 0 radical (unpaired) electrons. The van der Waals surface area contributed by atoms with Crippen molar-refractivity contribution in [3.63, 3.8) is 0 Å². The molecule has 139 heavy (non-hydrogen) atoms. The van der Waals surface area contributed by atoms with Crippen LogP contribution in [0.1, 0.15) is 161 Å². The summed E-state index contributed by atoms with van der Waals surface area (Å²) < 4.78 is 278. The fraction of sp³-hybridized carbons (Fsp3) is 0.723. The SMILES string of the molecule is C.CC(C)(C)OC(=O)NCC1CCN(CCNS(C)(=O)=O)CC1.CC(C)(C)OC(=O)NCC1CCNCC1.CCl.CS(=O)(=O)NCCN1CCC(CN)CC1.CS(=O)(=O)NCCN1CCC(CNC(=O)c2cc(Br)cc(C(F)(F)F)c2)CC1.CS(=O)(=O)NCCN1CCC(CNC(=O)c2cc(Br)cc(C(F)(F)F)c2)CC1.NCCO.O=C(O)c1cc(Br)cc(C(F)(F)F)c1.O=S(=O)(N1CC1)C(F)(F)F. The molecule has 9 rings (SSSR count). The van der Waals surface area contributed by atoms with Gasteiger partial charge in [0.15, 0.2) is 0 Å². The molecule has 0 aromatic heterocycles. The first-order valence-corrected chi connectivity index (χ1v) is 55.8. The Morgan fingerprint density at radius 3 is 0.878 bits per heavy atom. The zero-order valence-electron chi connectivity index (χ0n) is 79.1. The van der Waals surface area contributed by atoms with Gasteiger partial charge >= 0.3 is 52.2 Å². The van der Waals surface area contributed by atoms with E-state index < -0.39 is 125 Å². The third kappa shape index (κ3) is 64.4. The van der Waals surface area contributed by atoms with Crippen LogP contribution >= 0.6 is 59.4 Å². The molecule has 15 N–H and O–H groups in total. The van der Waals surface area contributed by atoms with Gasteiger partial charge in [0.05, 0.1) is 53.9 Å². The van der Waals surface area contributed by atoms with E-state index in [-0.39, 0.29) is 75.7 Å². The van der Waals surface area contributed by atoms with Crippen LogP contribution in [0.4, 0.5) is 62.3 Å². The molecule has 808 valence electrons. The molecule has 35 nitrogen and oxygen atoms in total. The summed E-state index contributed by atoms with van der Waals surface area (Å²) in [6.45, 7) is 28.1. The van der Waals surface area contributed by atoms with Gasteiger partial charge in [-0.25, -0.2) is 75.4 Å². The molecule has 0 atom stereocenters. The molecule has 6 aliphatic rings. The number of likely N-dealkylation sites (tertiary alicyclic amines) is 4. The number of ether oxygens (including phenoxy) is 2. The number of hydrogen-bond donors (Lipinski definition) is 13. The van der Waals surface area contributed by atoms with Crippen LogP contribution in [0, 0.1) is 29.6 Å². The number of alkyl halides is 13. The number of nitrogens with zero attached hydrogens (tertiary/aromatic N) is 5. The lowest BCUT2D eigenvalue weighted by molar-refractivity contribution is -0.138. The van der Waals surface area contributed by atoms with Gasteiger partial charge in [0.1, 0.15) is 11.2 Å². The minimum atomic E-state index is -5.12. The summed E-state index contributed by atoms with van der Waals surface area (Å²) in [5.74, 6) is -0.293. The number of aliphatic hydroxyl groups excluding tert-OH is 1. The van der Waals surface area contributed by atoms with Crippen LogP contribution in [-0.4, -0.2) is 331 Å². The number of piperidine rings is 5. The van der Waals surface area contributed by atoms with Gasteiger partial charge in [0.2, 0.25) is 40.1 Å². The van der Waals surface area contributed by atoms with Gasteiger partial charge < -0.3 is 77.3 Å². The number of alkyl carbamates (subject to hydrolysis) is 2. The normalized spacial score (nSPS) is 16.8. The van der Waals surface area contributed by atoms with Gasteiger partial charge in [-0.3, -0.25) is 9.59 Å². The number of nitrogens with two attached hydrogens (primary N) is 2. The van der Waals surface area contributed by atoms with Crippen LogP contribution in [0.3, 0.4) is 0 Å². The Morgan fingerprint density at radius 2 is 0.662 bits per heavy atom. The Bertz CT molecular complexity index is 4630. The molecule has 6 aliphatic heterocycles. The molecule has 0 aliphatic carbocycles. The Labute approximate surface area is 840 Å². The van der Waals surface area contributed by atoms with Crippen molar-refractivity contribution in [1.82, 2.24) is 69.4 Å². The highest BCUT2D eigenvalue weighted by atomic mass is 79.9. The van der Waals surface area contributed by atoms with Gasteiger partial charge in [-0.2, -0.15) is 57.0 Å². The Kier molecular flexibility index (Phi) is 61.6. The molecule has 6 saturated heterocycles. The van der Waals surface area contributed by atoms with E-state index in [0.717, 1.165) is 205 Å². The molecular weight excluding hydrogens is 2190 g/mol. The van der Waals surface area contributed by atoms with Crippen molar-refractivity contribution in [2.45, 2.75) is 148 Å². The molecule has 6 heterocycles. The standard InChI is InChI=1S/2C17H23BrF3N3O3S.C14H29N3O4S.C11H22N2O2.C9H21N3O2S.C8H4BrF3O2.C3H4F3NO2S.C2H7NO.CH3Cl.CH4/c2*1-28(26,27)23-4-7-24-5-2-12(3-6-24)11-22-16(25)13-8-14(17(19,20)21)10-15(18)9-13;1-14(2,3)21-13(18)15-11-12-5-8-17(9-6-12)10-7-16-22(4,19)20;1-11(2,3)15-10(14)13-8-9-4-6-12-7-5-9;1-15(13,14)11-4-7-12-5-2-9(8-10)3-6-12;9-6-2-4(7(13)14)1-5(3-6)8(10,11)12;4-3(5,6)10(8,9)7-1-2-7;3-1-2-4;1-2;/h2*8-10,12,23H,2-7,11H2,1H3,(H,22,25);12,16H,5-11H2,1-4H3,(H,15,18);9,12H,4-8H2,1-3H3,(H,13,14);9,11H,2-8,10H2,1H3;1-3H,(H,13,14);1-2H2;4H,1-3H2;1H3;1H4. The number of sulfonamides is 5. The Morgan fingerprint density at radius 1 is 0.417 bits per heavy atom. The van der Waals surface area contributed by atoms with E-state index in [1.165, 1.54) is 31.0 Å². The zero-order valence-corrected chi connectivity index (χ0v) is 88.7. The van der Waals surface area contributed by atoms with Crippen molar-refractivity contribution in [3.8, 4) is 0 Å². The molecule has 0 unspecified atom stereocenters. The quantitative estimate of drug-likeness (QED) is 0.0168. The summed E-state index contributed by atoms with van der Waals surface area (Å²) in [5.41, 5.74) is 1.18. The van der Waals surface area contributed by atoms with E-state index in [1.807, 2.05) is 41.5 Å². The topological polar surface area (TPSA) is 491 Å². The molecular formula is C83H140Br3ClF12N16O19S5. The summed E-state index contributed by atoms with van der Waals surface area (Å²) >= 11 is 13.5. The van der Waals surface area contributed by atoms with Gasteiger partial charge in [0, 0.05) is 129 Å². The van der Waals surface area contributed by atoms with Gasteiger partial charge in [0.25, 0.3) is 11.8 Å². The number of nitrogens with one attached hydrogen (secondary N) is 9. The monoisotopic (exact) mass is 2320 g/mol. The number of aromatic carboxylic acids is 1. The fourth-order valence-electron chi connectivity index (χ4n) is 13.2. The zero-order chi connectivity index (χ0) is 106. The number of carboxylic acids is 1. The first-order chi connectivity index (χ1) is 63.5. The molecule has 6 fully saturated rings. The highest BCUT2D eigenvalue weighted by molar-refractivity contribution is 9.11. The number of carbonyl (C=O) groups excluding carboxylic acids is 4. The van der Waals surface area contributed by atoms with E-state index in [1.54, 1.807) is 0 Å². The summed E-state index contributed by atoms with van der Waals surface area (Å²) in [4.78, 5) is 66.7. The lowest BCUT2D eigenvalue weighted by Gasteiger charge is -2.32. The number of rotatable bonds is 30. The largest absolute Gasteiger partial charge is 0.511 e. The second kappa shape index (κ2) is 64.0. The highest BCUT2D eigenvalue weighted by Gasteiger charge is 2.53. The van der Waals surface area contributed by atoms with Crippen LogP contribution in [0.25, 0.3) is 0 Å². The predicted octanol–water partition coefficient (Wildman–Crippen LogP) is 10.2. The molecule has 3 aromatic rings. The number of hydrogen-bond acceptors (Lipinski definition) is 25. The Hall–Kier alpha value is -5.27. The van der Waals surface area contributed by atoms with Gasteiger partial charge in [-0.1, -0.05) is 55.2 Å². The number of carboxylic acid groups (broad SMARTS) is 1. The van der Waals surface area contributed by atoms with E-state index in [2.05, 4.69) is 124 Å². The first-order valence-electron chi connectivity index (χ1n) is 43.7. The van der Waals surface area contributed by atoms with Crippen LogP contribution in [-0.2, 0) is 78.1 Å². The van der Waals surface area contributed by atoms with Crippen molar-refractivity contribution in [2.24, 2.45) is 41.1 Å². The fourth-order valence-corrected chi connectivity index (χ4v) is 17.3. The highest BCUT2D eigenvalue weighted by Crippen LogP contribution is 2.36. The first kappa shape index (κ1) is 134. The number of carbonyl (C=O) groups is 5. The number of halogens is 16. The Balaban J connectivity index is 0.00000162. The molecule has 0 bridgehead atoms. The summed E-state index contributed by atoms with van der Waals surface area (Å²) in [6.07, 6.45) is 1.65. The van der Waals surface area contributed by atoms with Crippen LogP contribution < -0.4 is 56.9 Å². The van der Waals surface area contributed by atoms with E-state index in [0.29, 0.717) is 93.6 Å². The maximum absolute atomic E-state index is 12.9. The third-order valence-electron chi connectivity index (χ3n) is 20.4. The van der Waals surface area contributed by atoms with Crippen molar-refractivity contribution >= 4 is 139 Å². The molecule has 4 amide bonds. The van der Waals surface area contributed by atoms with Crippen LogP contribution in [0.2, 0.25) is 0 Å².